The van der Waals surface area contributed by atoms with Crippen molar-refractivity contribution in [2.45, 2.75) is 106 Å². The molecule has 0 aromatic rings. The normalized spacial score (nSPS) is 12.3. The number of ether oxygens (including phenoxy) is 1. The molecule has 136 valence electrons. The van der Waals surface area contributed by atoms with E-state index in [-0.39, 0.29) is 11.9 Å². The summed E-state index contributed by atoms with van der Waals surface area (Å²) >= 11 is 0. The molecule has 0 aromatic carbocycles. The topological polar surface area (TPSA) is 43.4 Å². The Morgan fingerprint density at radius 1 is 0.652 bits per heavy atom. The van der Waals surface area contributed by atoms with Crippen LogP contribution in [0.5, 0.6) is 0 Å². The maximum absolute atomic E-state index is 12.8. The first-order valence-corrected chi connectivity index (χ1v) is 9.68. The predicted octanol–water partition coefficient (Wildman–Crippen LogP) is 6.05. The molecule has 0 amide bonds. The van der Waals surface area contributed by atoms with Gasteiger partial charge in [-0.3, -0.25) is 9.59 Å². The Morgan fingerprint density at radius 3 is 1.17 bits per heavy atom. The van der Waals surface area contributed by atoms with Crippen LogP contribution in [0.2, 0.25) is 0 Å². The van der Waals surface area contributed by atoms with Gasteiger partial charge in [0.15, 0.2) is 0 Å². The highest BCUT2D eigenvalue weighted by Gasteiger charge is 2.42. The second-order valence-corrected chi connectivity index (χ2v) is 6.86. The van der Waals surface area contributed by atoms with Crippen LogP contribution in [0.15, 0.2) is 0 Å². The Kier molecular flexibility index (Phi) is 10.4. The van der Waals surface area contributed by atoms with Crippen molar-refractivity contribution in [3.8, 4) is 0 Å². The van der Waals surface area contributed by atoms with Crippen molar-refractivity contribution in [2.75, 3.05) is 0 Å². The SMILES string of the molecule is CCCCC(CC)(CC)C(=O)OC(=O)C(CC)(CC)CCCC. The number of hydrogen-bond donors (Lipinski definition) is 0. The van der Waals surface area contributed by atoms with E-state index in [1.165, 1.54) is 0 Å². The van der Waals surface area contributed by atoms with Gasteiger partial charge in [0.2, 0.25) is 0 Å². The molecule has 0 rings (SSSR count). The molecule has 0 heterocycles. The number of hydrogen-bond acceptors (Lipinski definition) is 3. The summed E-state index contributed by atoms with van der Waals surface area (Å²) in [7, 11) is 0. The molecule has 0 bridgehead atoms. The molecule has 0 aliphatic heterocycles. The lowest BCUT2D eigenvalue weighted by atomic mass is 9.76. The van der Waals surface area contributed by atoms with Crippen molar-refractivity contribution in [3.63, 3.8) is 0 Å². The highest BCUT2D eigenvalue weighted by molar-refractivity contribution is 5.91. The maximum atomic E-state index is 12.8. The fourth-order valence-electron chi connectivity index (χ4n) is 3.32. The van der Waals surface area contributed by atoms with E-state index in [0.717, 1.165) is 64.2 Å². The van der Waals surface area contributed by atoms with E-state index < -0.39 is 10.8 Å². The number of carbonyl (C=O) groups is 2. The summed E-state index contributed by atoms with van der Waals surface area (Å²) in [5.41, 5.74) is -0.993. The summed E-state index contributed by atoms with van der Waals surface area (Å²) in [6, 6.07) is 0. The van der Waals surface area contributed by atoms with E-state index in [1.54, 1.807) is 0 Å². The van der Waals surface area contributed by atoms with Crippen LogP contribution in [0.1, 0.15) is 106 Å². The molecule has 3 heteroatoms. The third-order valence-electron chi connectivity index (χ3n) is 5.78. The molecule has 3 nitrogen and oxygen atoms in total. The average Bonchev–Trinajstić information content (AvgIpc) is 2.57. The minimum atomic E-state index is -0.496. The molecule has 0 fully saturated rings. The molecule has 0 unspecified atom stereocenters. The van der Waals surface area contributed by atoms with E-state index in [0.29, 0.717) is 0 Å². The van der Waals surface area contributed by atoms with Crippen LogP contribution in [-0.4, -0.2) is 11.9 Å². The largest absolute Gasteiger partial charge is 0.392 e. The lowest BCUT2D eigenvalue weighted by molar-refractivity contribution is -0.176. The van der Waals surface area contributed by atoms with Gasteiger partial charge in [0.1, 0.15) is 0 Å². The van der Waals surface area contributed by atoms with Gasteiger partial charge in [-0.25, -0.2) is 0 Å². The molecule has 23 heavy (non-hydrogen) atoms. The Balaban J connectivity index is 5.17. The second kappa shape index (κ2) is 10.8. The van der Waals surface area contributed by atoms with Crippen LogP contribution in [0, 0.1) is 10.8 Å². The Hall–Kier alpha value is -0.860. The van der Waals surface area contributed by atoms with E-state index in [4.69, 9.17) is 4.74 Å². The molecule has 0 saturated carbocycles. The van der Waals surface area contributed by atoms with Gasteiger partial charge in [-0.1, -0.05) is 67.2 Å². The highest BCUT2D eigenvalue weighted by Crippen LogP contribution is 2.38. The fourth-order valence-corrected chi connectivity index (χ4v) is 3.32. The molecule has 0 saturated heterocycles. The van der Waals surface area contributed by atoms with Crippen molar-refractivity contribution in [2.24, 2.45) is 10.8 Å². The summed E-state index contributed by atoms with van der Waals surface area (Å²) in [6.45, 7) is 12.3. The van der Waals surface area contributed by atoms with Crippen LogP contribution in [-0.2, 0) is 14.3 Å². The van der Waals surface area contributed by atoms with Gasteiger partial charge < -0.3 is 4.74 Å². The monoisotopic (exact) mass is 326 g/mol. The van der Waals surface area contributed by atoms with Gasteiger partial charge in [-0.05, 0) is 38.5 Å². The molecule has 0 aliphatic carbocycles. The third-order valence-corrected chi connectivity index (χ3v) is 5.78. The minimum absolute atomic E-state index is 0.302. The molecular formula is C20H38O3. The zero-order chi connectivity index (χ0) is 17.9. The number of esters is 2. The molecule has 0 N–H and O–H groups in total. The summed E-state index contributed by atoms with van der Waals surface area (Å²) in [6.07, 6.45) is 8.63. The predicted molar refractivity (Wildman–Crippen MR) is 96.2 cm³/mol. The van der Waals surface area contributed by atoms with Gasteiger partial charge in [0.05, 0.1) is 10.8 Å². The molecule has 0 aliphatic rings. The quantitative estimate of drug-likeness (QED) is 0.324. The standard InChI is InChI=1S/C20H38O3/c1-7-13-15-19(9-3,10-4)17(21)23-18(22)20(11-5,12-6)16-14-8-2/h7-16H2,1-6H3. The van der Waals surface area contributed by atoms with Gasteiger partial charge in [-0.2, -0.15) is 0 Å². The van der Waals surface area contributed by atoms with Crippen molar-refractivity contribution in [3.05, 3.63) is 0 Å². The summed E-state index contributed by atoms with van der Waals surface area (Å²) in [4.78, 5) is 25.5. The van der Waals surface area contributed by atoms with Gasteiger partial charge >= 0.3 is 11.9 Å². The summed E-state index contributed by atoms with van der Waals surface area (Å²) < 4.78 is 5.46. The lowest BCUT2D eigenvalue weighted by Crippen LogP contribution is -2.39. The molecule has 0 atom stereocenters. The molecule has 0 spiro atoms. The van der Waals surface area contributed by atoms with Gasteiger partial charge in [0, 0.05) is 0 Å². The Labute approximate surface area is 143 Å². The smallest absolute Gasteiger partial charge is 0.319 e. The van der Waals surface area contributed by atoms with E-state index >= 15 is 0 Å². The fraction of sp³-hybridized carbons (Fsp3) is 0.900. The van der Waals surface area contributed by atoms with E-state index in [9.17, 15) is 9.59 Å². The Morgan fingerprint density at radius 2 is 0.957 bits per heavy atom. The number of rotatable bonds is 12. The zero-order valence-corrected chi connectivity index (χ0v) is 16.3. The minimum Gasteiger partial charge on any atom is -0.392 e. The average molecular weight is 327 g/mol. The third kappa shape index (κ3) is 5.61. The first-order valence-electron chi connectivity index (χ1n) is 9.68. The van der Waals surface area contributed by atoms with Crippen LogP contribution >= 0.6 is 0 Å². The van der Waals surface area contributed by atoms with E-state index in [1.807, 2.05) is 27.7 Å². The van der Waals surface area contributed by atoms with Crippen LogP contribution < -0.4 is 0 Å². The second-order valence-electron chi connectivity index (χ2n) is 6.86. The maximum Gasteiger partial charge on any atom is 0.319 e. The van der Waals surface area contributed by atoms with Crippen molar-refractivity contribution in [1.82, 2.24) is 0 Å². The van der Waals surface area contributed by atoms with Crippen LogP contribution in [0.4, 0.5) is 0 Å². The van der Waals surface area contributed by atoms with Crippen molar-refractivity contribution < 1.29 is 14.3 Å². The summed E-state index contributed by atoms with van der Waals surface area (Å²) in [5, 5.41) is 0. The van der Waals surface area contributed by atoms with Crippen LogP contribution in [0.3, 0.4) is 0 Å². The van der Waals surface area contributed by atoms with Crippen molar-refractivity contribution >= 4 is 11.9 Å². The first-order chi connectivity index (χ1) is 10.9. The molecule has 0 radical (unpaired) electrons. The van der Waals surface area contributed by atoms with Gasteiger partial charge in [0.25, 0.3) is 0 Å². The lowest BCUT2D eigenvalue weighted by Gasteiger charge is -2.33. The number of unbranched alkanes of at least 4 members (excludes halogenated alkanes) is 2. The summed E-state index contributed by atoms with van der Waals surface area (Å²) in [5.74, 6) is -0.604. The van der Waals surface area contributed by atoms with Crippen LogP contribution in [0.25, 0.3) is 0 Å². The molecular weight excluding hydrogens is 288 g/mol. The zero-order valence-electron chi connectivity index (χ0n) is 16.3. The van der Waals surface area contributed by atoms with Gasteiger partial charge in [-0.15, -0.1) is 0 Å². The first kappa shape index (κ1) is 22.1. The Bertz CT molecular complexity index is 318. The molecule has 0 aromatic heterocycles. The highest BCUT2D eigenvalue weighted by atomic mass is 16.6. The van der Waals surface area contributed by atoms with Crippen molar-refractivity contribution in [1.29, 1.82) is 0 Å². The number of carbonyl (C=O) groups excluding carboxylic acids is 2. The van der Waals surface area contributed by atoms with E-state index in [2.05, 4.69) is 13.8 Å².